The summed E-state index contributed by atoms with van der Waals surface area (Å²) >= 11 is 1.07. The van der Waals surface area contributed by atoms with Crippen LogP contribution in [0.3, 0.4) is 0 Å². The lowest BCUT2D eigenvalue weighted by Crippen LogP contribution is -2.44. The van der Waals surface area contributed by atoms with Crippen LogP contribution >= 0.6 is 11.3 Å². The second kappa shape index (κ2) is 10.9. The highest BCUT2D eigenvalue weighted by molar-refractivity contribution is 7.14. The van der Waals surface area contributed by atoms with Gasteiger partial charge in [0.15, 0.2) is 0 Å². The molecule has 8 nitrogen and oxygen atoms in total. The maximum Gasteiger partial charge on any atom is 0.408 e. The third-order valence-corrected chi connectivity index (χ3v) is 4.03. The van der Waals surface area contributed by atoms with E-state index in [0.29, 0.717) is 4.88 Å². The molecule has 0 aliphatic heterocycles. The number of amides is 2. The lowest BCUT2D eigenvalue weighted by Gasteiger charge is -2.30. The Balaban J connectivity index is 2.75. The van der Waals surface area contributed by atoms with Crippen molar-refractivity contribution in [2.75, 3.05) is 6.54 Å². The van der Waals surface area contributed by atoms with Gasteiger partial charge in [0.25, 0.3) is 5.91 Å². The summed E-state index contributed by atoms with van der Waals surface area (Å²) < 4.78 is 10.7. The van der Waals surface area contributed by atoms with E-state index in [0.717, 1.165) is 16.4 Å². The molecule has 0 bridgehead atoms. The van der Waals surface area contributed by atoms with Crippen molar-refractivity contribution >= 4 is 29.3 Å². The number of nitrogens with one attached hydrogen (secondary N) is 1. The summed E-state index contributed by atoms with van der Waals surface area (Å²) in [5.41, 5.74) is -1.25. The van der Waals surface area contributed by atoms with Crippen LogP contribution in [0.5, 0.6) is 0 Å². The van der Waals surface area contributed by atoms with E-state index >= 15 is 0 Å². The number of carbonyl (C=O) groups is 3. The number of carbonyl (C=O) groups excluding carboxylic acids is 3. The quantitative estimate of drug-likeness (QED) is 0.431. The molecule has 0 spiro atoms. The average Bonchev–Trinajstić information content (AvgIpc) is 3.08. The molecule has 2 amide bonds. The van der Waals surface area contributed by atoms with Crippen LogP contribution in [0.1, 0.15) is 63.0 Å². The molecule has 0 aliphatic carbocycles. The summed E-state index contributed by atoms with van der Waals surface area (Å²) in [4.78, 5) is 41.9. The Kier molecular flexibility index (Phi) is 9.11. The molecule has 9 heteroatoms. The topological polar surface area (TPSA) is 94.2 Å². The number of hydrogen-bond donors (Lipinski definition) is 1. The van der Waals surface area contributed by atoms with Gasteiger partial charge in [-0.25, -0.2) is 9.59 Å². The summed E-state index contributed by atoms with van der Waals surface area (Å²) in [6.45, 7) is 11.9. The summed E-state index contributed by atoms with van der Waals surface area (Å²) in [7, 11) is 0. The van der Waals surface area contributed by atoms with Gasteiger partial charge in [0.05, 0.1) is 17.0 Å². The Bertz CT molecular complexity index is 905. The van der Waals surface area contributed by atoms with Gasteiger partial charge in [-0.1, -0.05) is 11.8 Å². The minimum Gasteiger partial charge on any atom is -0.444 e. The van der Waals surface area contributed by atoms with Gasteiger partial charge in [0.1, 0.15) is 10.5 Å². The van der Waals surface area contributed by atoms with Gasteiger partial charge in [0.2, 0.25) is 6.23 Å². The molecule has 1 N–H and O–H groups in total. The standard InChI is InChI=1S/C22H28N2O6S/c1-9-18(28-21(3,4)5)24(15(2)25)30-19(26)17-13-12-16(31-17)11-10-14-23-20(27)29-22(6,7)8/h1,12-13,18H,14H2,2-8H3,(H,23,27). The fraction of sp³-hybridized carbons (Fsp3) is 0.500. The zero-order valence-electron chi connectivity index (χ0n) is 18.8. The number of hydroxylamine groups is 2. The molecule has 0 saturated heterocycles. The molecule has 1 unspecified atom stereocenters. The fourth-order valence-corrected chi connectivity index (χ4v) is 2.73. The summed E-state index contributed by atoms with van der Waals surface area (Å²) in [6.07, 6.45) is 3.71. The SMILES string of the molecule is C#CC(OC(C)(C)C)N(OC(=O)c1ccc(C#CCNC(=O)OC(C)(C)C)s1)C(C)=O. The number of hydrogen-bond acceptors (Lipinski definition) is 7. The molecular weight excluding hydrogens is 420 g/mol. The number of ether oxygens (including phenoxy) is 2. The average molecular weight is 449 g/mol. The molecule has 0 saturated carbocycles. The Hall–Kier alpha value is -3.01. The second-order valence-corrected chi connectivity index (χ2v) is 9.38. The van der Waals surface area contributed by atoms with Crippen molar-refractivity contribution in [1.82, 2.24) is 10.4 Å². The van der Waals surface area contributed by atoms with E-state index in [1.807, 2.05) is 0 Å². The maximum atomic E-state index is 12.5. The highest BCUT2D eigenvalue weighted by Crippen LogP contribution is 2.19. The third kappa shape index (κ3) is 10.0. The molecule has 1 atom stereocenters. The first kappa shape index (κ1) is 26.0. The number of alkyl carbamates (subject to hydrolysis) is 1. The summed E-state index contributed by atoms with van der Waals surface area (Å²) in [5, 5.41) is 3.24. The Morgan fingerprint density at radius 3 is 2.32 bits per heavy atom. The van der Waals surface area contributed by atoms with E-state index in [4.69, 9.17) is 20.7 Å². The van der Waals surface area contributed by atoms with Gasteiger partial charge in [-0.3, -0.25) is 4.79 Å². The van der Waals surface area contributed by atoms with Crippen molar-refractivity contribution in [3.05, 3.63) is 21.9 Å². The van der Waals surface area contributed by atoms with Crippen LogP contribution < -0.4 is 5.32 Å². The van der Waals surface area contributed by atoms with Gasteiger partial charge in [-0.2, -0.15) is 0 Å². The van der Waals surface area contributed by atoms with E-state index in [1.165, 1.54) is 13.0 Å². The van der Waals surface area contributed by atoms with Gasteiger partial charge in [0, 0.05) is 6.92 Å². The number of nitrogens with zero attached hydrogens (tertiary/aromatic N) is 1. The first-order valence-corrected chi connectivity index (χ1v) is 10.2. The molecule has 0 fully saturated rings. The first-order chi connectivity index (χ1) is 14.2. The van der Waals surface area contributed by atoms with Crippen LogP contribution in [0.25, 0.3) is 0 Å². The molecule has 31 heavy (non-hydrogen) atoms. The predicted octanol–water partition coefficient (Wildman–Crippen LogP) is 3.32. The molecule has 168 valence electrons. The van der Waals surface area contributed by atoms with Gasteiger partial charge >= 0.3 is 12.1 Å². The monoisotopic (exact) mass is 448 g/mol. The minimum absolute atomic E-state index is 0.0820. The van der Waals surface area contributed by atoms with Crippen LogP contribution in [-0.2, 0) is 19.1 Å². The van der Waals surface area contributed by atoms with E-state index in [-0.39, 0.29) is 11.4 Å². The van der Waals surface area contributed by atoms with Gasteiger partial charge in [-0.05, 0) is 59.6 Å². The lowest BCUT2D eigenvalue weighted by atomic mass is 10.2. The molecular formula is C22H28N2O6S. The summed E-state index contributed by atoms with van der Waals surface area (Å²) in [5.74, 6) is 6.56. The second-order valence-electron chi connectivity index (χ2n) is 8.29. The molecule has 0 radical (unpaired) electrons. The number of thiophene rings is 1. The molecule has 0 aromatic carbocycles. The maximum absolute atomic E-state index is 12.5. The number of rotatable bonds is 4. The molecule has 1 rings (SSSR count). The van der Waals surface area contributed by atoms with Crippen LogP contribution in [0.4, 0.5) is 4.79 Å². The smallest absolute Gasteiger partial charge is 0.408 e. The Morgan fingerprint density at radius 1 is 1.16 bits per heavy atom. The van der Waals surface area contributed by atoms with Crippen molar-refractivity contribution in [2.24, 2.45) is 0 Å². The first-order valence-electron chi connectivity index (χ1n) is 9.43. The summed E-state index contributed by atoms with van der Waals surface area (Å²) in [6, 6.07) is 3.15. The number of terminal acetylenes is 1. The van der Waals surface area contributed by atoms with E-state index in [2.05, 4.69) is 23.1 Å². The van der Waals surface area contributed by atoms with E-state index in [1.54, 1.807) is 47.6 Å². The zero-order valence-corrected chi connectivity index (χ0v) is 19.6. The van der Waals surface area contributed by atoms with Crippen LogP contribution in [-0.4, -0.2) is 47.0 Å². The van der Waals surface area contributed by atoms with Gasteiger partial charge in [-0.15, -0.1) is 22.8 Å². The largest absolute Gasteiger partial charge is 0.444 e. The highest BCUT2D eigenvalue weighted by Gasteiger charge is 2.29. The third-order valence-electron chi connectivity index (χ3n) is 3.05. The molecule has 1 heterocycles. The Labute approximate surface area is 187 Å². The zero-order chi connectivity index (χ0) is 23.8. The van der Waals surface area contributed by atoms with Crippen LogP contribution in [0.2, 0.25) is 0 Å². The molecule has 1 aromatic rings. The van der Waals surface area contributed by atoms with Crippen molar-refractivity contribution < 1.29 is 28.7 Å². The van der Waals surface area contributed by atoms with Crippen LogP contribution in [0, 0.1) is 24.2 Å². The van der Waals surface area contributed by atoms with Crippen molar-refractivity contribution in [3.63, 3.8) is 0 Å². The van der Waals surface area contributed by atoms with Crippen LogP contribution in [0.15, 0.2) is 12.1 Å². The molecule has 1 aromatic heterocycles. The predicted molar refractivity (Wildman–Crippen MR) is 117 cm³/mol. The Morgan fingerprint density at radius 2 is 1.81 bits per heavy atom. The highest BCUT2D eigenvalue weighted by atomic mass is 32.1. The van der Waals surface area contributed by atoms with Crippen molar-refractivity contribution in [1.29, 1.82) is 0 Å². The van der Waals surface area contributed by atoms with E-state index in [9.17, 15) is 14.4 Å². The van der Waals surface area contributed by atoms with E-state index < -0.39 is 35.4 Å². The van der Waals surface area contributed by atoms with Crippen molar-refractivity contribution in [3.8, 4) is 24.2 Å². The van der Waals surface area contributed by atoms with Crippen molar-refractivity contribution in [2.45, 2.75) is 65.9 Å². The minimum atomic E-state index is -1.17. The lowest BCUT2D eigenvalue weighted by molar-refractivity contribution is -0.220. The fourth-order valence-electron chi connectivity index (χ4n) is 1.97. The van der Waals surface area contributed by atoms with Gasteiger partial charge < -0.3 is 19.6 Å². The normalized spacial score (nSPS) is 11.9. The molecule has 0 aliphatic rings.